The number of hydrogen-bond donors (Lipinski definition) is 0. The van der Waals surface area contributed by atoms with Gasteiger partial charge in [-0.3, -0.25) is 9.59 Å². The van der Waals surface area contributed by atoms with Crippen molar-refractivity contribution in [1.29, 1.82) is 0 Å². The lowest BCUT2D eigenvalue weighted by atomic mass is 9.49. The predicted octanol–water partition coefficient (Wildman–Crippen LogP) is -0.219. The van der Waals surface area contributed by atoms with Crippen LogP contribution >= 0.6 is 0 Å². The third kappa shape index (κ3) is 2.15. The van der Waals surface area contributed by atoms with Crippen LogP contribution in [0.3, 0.4) is 0 Å². The second kappa shape index (κ2) is 5.08. The van der Waals surface area contributed by atoms with Gasteiger partial charge >= 0.3 is 11.8 Å². The first-order chi connectivity index (χ1) is 12.1. The molecule has 0 spiro atoms. The molecule has 2 aromatic heterocycles. The SMILES string of the molecule is O=C1C(=O)N(C23CC(C2)C3)CCN1Cc1ccc(-n2ccnn2)nn1. The van der Waals surface area contributed by atoms with Crippen LogP contribution in [0.4, 0.5) is 0 Å². The first kappa shape index (κ1) is 14.5. The van der Waals surface area contributed by atoms with Crippen molar-refractivity contribution in [3.63, 3.8) is 0 Å². The van der Waals surface area contributed by atoms with Gasteiger partial charge in [-0.2, -0.15) is 5.10 Å². The molecule has 3 aliphatic carbocycles. The van der Waals surface area contributed by atoms with E-state index in [1.807, 2.05) is 4.90 Å². The molecule has 6 rings (SSSR count). The highest BCUT2D eigenvalue weighted by atomic mass is 16.2. The number of nitrogens with zero attached hydrogens (tertiary/aromatic N) is 7. The molecule has 2 amide bonds. The fourth-order valence-corrected chi connectivity index (χ4v) is 4.13. The van der Waals surface area contributed by atoms with Gasteiger partial charge in [0.25, 0.3) is 0 Å². The predicted molar refractivity (Wildman–Crippen MR) is 84.2 cm³/mol. The van der Waals surface area contributed by atoms with E-state index in [-0.39, 0.29) is 11.4 Å². The molecule has 1 saturated heterocycles. The van der Waals surface area contributed by atoms with E-state index in [1.54, 1.807) is 29.4 Å². The van der Waals surface area contributed by atoms with Gasteiger partial charge in [-0.25, -0.2) is 4.68 Å². The molecule has 2 aromatic rings. The van der Waals surface area contributed by atoms with Crippen LogP contribution in [0.15, 0.2) is 24.5 Å². The Morgan fingerprint density at radius 3 is 2.52 bits per heavy atom. The monoisotopic (exact) mass is 339 g/mol. The van der Waals surface area contributed by atoms with E-state index in [0.29, 0.717) is 31.1 Å². The van der Waals surface area contributed by atoms with E-state index in [0.717, 1.165) is 25.2 Å². The van der Waals surface area contributed by atoms with Crippen molar-refractivity contribution in [1.82, 2.24) is 35.0 Å². The molecule has 0 unspecified atom stereocenters. The average molecular weight is 339 g/mol. The maximum absolute atomic E-state index is 12.5. The van der Waals surface area contributed by atoms with E-state index in [4.69, 9.17) is 0 Å². The summed E-state index contributed by atoms with van der Waals surface area (Å²) in [5.41, 5.74) is 0.645. The quantitative estimate of drug-likeness (QED) is 0.715. The molecule has 0 atom stereocenters. The van der Waals surface area contributed by atoms with Gasteiger partial charge in [0, 0.05) is 18.6 Å². The van der Waals surface area contributed by atoms with Gasteiger partial charge in [0.2, 0.25) is 0 Å². The molecular weight excluding hydrogens is 322 g/mol. The van der Waals surface area contributed by atoms with Crippen molar-refractivity contribution in [2.45, 2.75) is 31.3 Å². The zero-order valence-corrected chi connectivity index (χ0v) is 13.6. The molecule has 2 bridgehead atoms. The van der Waals surface area contributed by atoms with Gasteiger partial charge in [-0.15, -0.1) is 10.2 Å². The largest absolute Gasteiger partial charge is 0.327 e. The number of piperazine rings is 1. The summed E-state index contributed by atoms with van der Waals surface area (Å²) in [5.74, 6) is 0.534. The molecule has 9 heteroatoms. The van der Waals surface area contributed by atoms with Crippen molar-refractivity contribution >= 4 is 11.8 Å². The third-order valence-corrected chi connectivity index (χ3v) is 5.60. The van der Waals surface area contributed by atoms with Crippen LogP contribution in [-0.4, -0.2) is 65.4 Å². The fraction of sp³-hybridized carbons (Fsp3) is 0.500. The van der Waals surface area contributed by atoms with E-state index < -0.39 is 5.91 Å². The van der Waals surface area contributed by atoms with Crippen LogP contribution in [-0.2, 0) is 16.1 Å². The molecule has 0 radical (unpaired) electrons. The highest BCUT2D eigenvalue weighted by Gasteiger charge is 2.62. The second-order valence-corrected chi connectivity index (χ2v) is 7.12. The molecule has 25 heavy (non-hydrogen) atoms. The molecule has 128 valence electrons. The molecule has 4 fully saturated rings. The number of aromatic nitrogens is 5. The molecule has 3 saturated carbocycles. The van der Waals surface area contributed by atoms with E-state index in [9.17, 15) is 9.59 Å². The molecule has 9 nitrogen and oxygen atoms in total. The summed E-state index contributed by atoms with van der Waals surface area (Å²) < 4.78 is 1.51. The topological polar surface area (TPSA) is 97.1 Å². The minimum atomic E-state index is -0.432. The zero-order valence-electron chi connectivity index (χ0n) is 13.6. The lowest BCUT2D eigenvalue weighted by Crippen LogP contribution is -2.73. The number of amides is 2. The minimum absolute atomic E-state index is 0.00273. The summed E-state index contributed by atoms with van der Waals surface area (Å²) in [5, 5.41) is 15.8. The third-order valence-electron chi connectivity index (χ3n) is 5.60. The summed E-state index contributed by atoms with van der Waals surface area (Å²) in [7, 11) is 0. The van der Waals surface area contributed by atoms with Gasteiger partial charge in [0.1, 0.15) is 0 Å². The van der Waals surface area contributed by atoms with E-state index in [2.05, 4.69) is 20.5 Å². The summed E-state index contributed by atoms with van der Waals surface area (Å²) in [4.78, 5) is 28.3. The number of carbonyl (C=O) groups excluding carboxylic acids is 2. The van der Waals surface area contributed by atoms with Gasteiger partial charge in [-0.05, 0) is 37.3 Å². The van der Waals surface area contributed by atoms with Crippen LogP contribution in [0.1, 0.15) is 25.0 Å². The second-order valence-electron chi connectivity index (χ2n) is 7.12. The van der Waals surface area contributed by atoms with Crippen molar-refractivity contribution < 1.29 is 9.59 Å². The molecule has 3 heterocycles. The van der Waals surface area contributed by atoms with Crippen molar-refractivity contribution in [3.05, 3.63) is 30.2 Å². The zero-order chi connectivity index (χ0) is 17.0. The van der Waals surface area contributed by atoms with Crippen LogP contribution in [0, 0.1) is 5.92 Å². The minimum Gasteiger partial charge on any atom is -0.327 e. The molecule has 0 aromatic carbocycles. The molecule has 0 N–H and O–H groups in total. The van der Waals surface area contributed by atoms with E-state index >= 15 is 0 Å². The number of rotatable bonds is 4. The normalized spacial score (nSPS) is 27.9. The van der Waals surface area contributed by atoms with Crippen LogP contribution in [0.2, 0.25) is 0 Å². The Morgan fingerprint density at radius 2 is 1.92 bits per heavy atom. The van der Waals surface area contributed by atoms with Crippen molar-refractivity contribution in [2.75, 3.05) is 13.1 Å². The smallest absolute Gasteiger partial charge is 0.312 e. The Labute approximate surface area is 143 Å². The number of carbonyl (C=O) groups is 2. The van der Waals surface area contributed by atoms with Gasteiger partial charge in [0.05, 0.1) is 24.6 Å². The van der Waals surface area contributed by atoms with Crippen LogP contribution < -0.4 is 0 Å². The Balaban J connectivity index is 1.27. The molecular formula is C16H17N7O2. The fourth-order valence-electron chi connectivity index (χ4n) is 4.13. The van der Waals surface area contributed by atoms with Gasteiger partial charge in [0.15, 0.2) is 5.82 Å². The molecule has 1 aliphatic heterocycles. The maximum atomic E-state index is 12.5. The Morgan fingerprint density at radius 1 is 1.08 bits per heavy atom. The summed E-state index contributed by atoms with van der Waals surface area (Å²) in [6.45, 7) is 1.45. The standard InChI is InChI=1S/C16H17N7O2/c24-14-15(25)22(16-7-11(8-16)9-16)6-5-21(14)10-12-1-2-13(19-18-12)23-4-3-17-20-23/h1-4,11H,5-10H2. The lowest BCUT2D eigenvalue weighted by molar-refractivity contribution is -0.186. The van der Waals surface area contributed by atoms with Crippen LogP contribution in [0.25, 0.3) is 5.82 Å². The lowest BCUT2D eigenvalue weighted by Gasteiger charge is -2.66. The first-order valence-electron chi connectivity index (χ1n) is 8.45. The van der Waals surface area contributed by atoms with Crippen molar-refractivity contribution in [3.8, 4) is 5.82 Å². The summed E-state index contributed by atoms with van der Waals surface area (Å²) in [6.07, 6.45) is 6.45. The summed E-state index contributed by atoms with van der Waals surface area (Å²) in [6, 6.07) is 3.55. The van der Waals surface area contributed by atoms with Crippen LogP contribution in [0.5, 0.6) is 0 Å². The number of hydrogen-bond acceptors (Lipinski definition) is 6. The maximum Gasteiger partial charge on any atom is 0.312 e. The molecule has 4 aliphatic rings. The highest BCUT2D eigenvalue weighted by molar-refractivity contribution is 6.35. The summed E-state index contributed by atoms with van der Waals surface area (Å²) >= 11 is 0. The average Bonchev–Trinajstić information content (AvgIpc) is 3.07. The van der Waals surface area contributed by atoms with Crippen molar-refractivity contribution in [2.24, 2.45) is 5.92 Å². The Bertz CT molecular complexity index is 816. The van der Waals surface area contributed by atoms with Gasteiger partial charge in [-0.1, -0.05) is 5.21 Å². The highest BCUT2D eigenvalue weighted by Crippen LogP contribution is 2.60. The van der Waals surface area contributed by atoms with E-state index in [1.165, 1.54) is 4.68 Å². The first-order valence-corrected chi connectivity index (χ1v) is 8.45. The Hall–Kier alpha value is -2.84. The Kier molecular flexibility index (Phi) is 2.94. The van der Waals surface area contributed by atoms with Gasteiger partial charge < -0.3 is 9.80 Å².